The normalized spacial score (nSPS) is 19.6. The summed E-state index contributed by atoms with van der Waals surface area (Å²) in [5.74, 6) is 0. The SMILES string of the molecule is N#Cc1ccc(N=C2CCC(O)CC2)cc1C(F)(F)F. The van der Waals surface area contributed by atoms with Crippen molar-refractivity contribution < 1.29 is 18.3 Å². The van der Waals surface area contributed by atoms with E-state index in [0.29, 0.717) is 25.7 Å². The fraction of sp³-hybridized carbons (Fsp3) is 0.429. The largest absolute Gasteiger partial charge is 0.417 e. The minimum atomic E-state index is -4.57. The quantitative estimate of drug-likeness (QED) is 0.855. The van der Waals surface area contributed by atoms with E-state index in [9.17, 15) is 18.3 Å². The Morgan fingerprint density at radius 3 is 2.45 bits per heavy atom. The molecule has 3 nitrogen and oxygen atoms in total. The van der Waals surface area contributed by atoms with Gasteiger partial charge in [-0.2, -0.15) is 18.4 Å². The van der Waals surface area contributed by atoms with Crippen LogP contribution >= 0.6 is 0 Å². The molecule has 1 aromatic carbocycles. The molecule has 0 bridgehead atoms. The predicted molar refractivity (Wildman–Crippen MR) is 67.7 cm³/mol. The summed E-state index contributed by atoms with van der Waals surface area (Å²) in [7, 11) is 0. The summed E-state index contributed by atoms with van der Waals surface area (Å²) in [4.78, 5) is 4.20. The number of nitriles is 1. The Hall–Kier alpha value is -1.87. The molecule has 0 amide bonds. The topological polar surface area (TPSA) is 56.4 Å². The monoisotopic (exact) mass is 282 g/mol. The van der Waals surface area contributed by atoms with Crippen molar-refractivity contribution in [2.24, 2.45) is 4.99 Å². The number of benzene rings is 1. The number of rotatable bonds is 1. The molecular weight excluding hydrogens is 269 g/mol. The van der Waals surface area contributed by atoms with Gasteiger partial charge in [0.15, 0.2) is 0 Å². The van der Waals surface area contributed by atoms with Gasteiger partial charge in [0.1, 0.15) is 0 Å². The van der Waals surface area contributed by atoms with E-state index in [1.165, 1.54) is 12.1 Å². The van der Waals surface area contributed by atoms with Crippen molar-refractivity contribution in [3.8, 4) is 6.07 Å². The van der Waals surface area contributed by atoms with Crippen LogP contribution in [0.25, 0.3) is 0 Å². The summed E-state index contributed by atoms with van der Waals surface area (Å²) in [5, 5.41) is 18.1. The Kier molecular flexibility index (Phi) is 4.09. The fourth-order valence-electron chi connectivity index (χ4n) is 2.16. The standard InChI is InChI=1S/C14H13F3N2O/c15-14(16,17)13-7-11(2-1-9(13)8-18)19-10-3-5-12(20)6-4-10/h1-2,7,12,20H,3-6H2. The van der Waals surface area contributed by atoms with Gasteiger partial charge in [0, 0.05) is 5.71 Å². The molecule has 0 radical (unpaired) electrons. The molecule has 0 heterocycles. The number of aliphatic imine (C=N–C) groups is 1. The number of halogens is 3. The molecule has 106 valence electrons. The van der Waals surface area contributed by atoms with Gasteiger partial charge in [-0.15, -0.1) is 0 Å². The number of alkyl halides is 3. The van der Waals surface area contributed by atoms with Crippen LogP contribution in [0, 0.1) is 11.3 Å². The van der Waals surface area contributed by atoms with Gasteiger partial charge in [0.25, 0.3) is 0 Å². The summed E-state index contributed by atoms with van der Waals surface area (Å²) in [6, 6.07) is 4.98. The van der Waals surface area contributed by atoms with Crippen molar-refractivity contribution in [1.82, 2.24) is 0 Å². The Labute approximate surface area is 114 Å². The van der Waals surface area contributed by atoms with E-state index in [-0.39, 0.29) is 11.8 Å². The van der Waals surface area contributed by atoms with Crippen LogP contribution in [0.1, 0.15) is 36.8 Å². The maximum atomic E-state index is 12.8. The van der Waals surface area contributed by atoms with Crippen LogP contribution in [-0.2, 0) is 6.18 Å². The number of aliphatic hydroxyl groups excluding tert-OH is 1. The first-order valence-electron chi connectivity index (χ1n) is 6.26. The third-order valence-corrected chi connectivity index (χ3v) is 3.25. The van der Waals surface area contributed by atoms with Crippen LogP contribution in [0.3, 0.4) is 0 Å². The van der Waals surface area contributed by atoms with Crippen molar-refractivity contribution in [3.05, 3.63) is 29.3 Å². The average Bonchev–Trinajstić information content (AvgIpc) is 2.40. The zero-order chi connectivity index (χ0) is 14.8. The number of hydrogen-bond donors (Lipinski definition) is 1. The fourth-order valence-corrected chi connectivity index (χ4v) is 2.16. The van der Waals surface area contributed by atoms with Crippen molar-refractivity contribution in [1.29, 1.82) is 5.26 Å². The number of hydrogen-bond acceptors (Lipinski definition) is 3. The first kappa shape index (κ1) is 14.5. The zero-order valence-corrected chi connectivity index (χ0v) is 10.6. The van der Waals surface area contributed by atoms with Gasteiger partial charge in [-0.25, -0.2) is 0 Å². The van der Waals surface area contributed by atoms with Crippen molar-refractivity contribution in [3.63, 3.8) is 0 Å². The second-order valence-corrected chi connectivity index (χ2v) is 4.75. The third-order valence-electron chi connectivity index (χ3n) is 3.25. The maximum Gasteiger partial charge on any atom is 0.417 e. The van der Waals surface area contributed by atoms with Crippen molar-refractivity contribution in [2.75, 3.05) is 0 Å². The second kappa shape index (κ2) is 5.63. The molecule has 0 spiro atoms. The van der Waals surface area contributed by atoms with Crippen LogP contribution < -0.4 is 0 Å². The highest BCUT2D eigenvalue weighted by Crippen LogP contribution is 2.34. The molecule has 0 saturated heterocycles. The van der Waals surface area contributed by atoms with Gasteiger partial charge in [0.2, 0.25) is 0 Å². The van der Waals surface area contributed by atoms with E-state index in [0.717, 1.165) is 17.8 Å². The lowest BCUT2D eigenvalue weighted by molar-refractivity contribution is -0.137. The van der Waals surface area contributed by atoms with E-state index in [1.807, 2.05) is 0 Å². The van der Waals surface area contributed by atoms with E-state index >= 15 is 0 Å². The highest BCUT2D eigenvalue weighted by molar-refractivity contribution is 5.87. The molecule has 20 heavy (non-hydrogen) atoms. The Balaban J connectivity index is 2.30. The predicted octanol–water partition coefficient (Wildman–Crippen LogP) is 3.58. The summed E-state index contributed by atoms with van der Waals surface area (Å²) in [6.45, 7) is 0. The summed E-state index contributed by atoms with van der Waals surface area (Å²) >= 11 is 0. The average molecular weight is 282 g/mol. The van der Waals surface area contributed by atoms with Crippen LogP contribution in [-0.4, -0.2) is 16.9 Å². The van der Waals surface area contributed by atoms with Crippen molar-refractivity contribution in [2.45, 2.75) is 38.0 Å². The molecule has 0 atom stereocenters. The van der Waals surface area contributed by atoms with Crippen LogP contribution in [0.2, 0.25) is 0 Å². The Morgan fingerprint density at radius 1 is 1.25 bits per heavy atom. The molecular formula is C14H13F3N2O. The van der Waals surface area contributed by atoms with Crippen LogP contribution in [0.5, 0.6) is 0 Å². The minimum Gasteiger partial charge on any atom is -0.393 e. The highest BCUT2D eigenvalue weighted by Gasteiger charge is 2.33. The maximum absolute atomic E-state index is 12.8. The first-order chi connectivity index (χ1) is 9.40. The molecule has 1 saturated carbocycles. The van der Waals surface area contributed by atoms with Gasteiger partial charge in [0.05, 0.1) is 29.0 Å². The van der Waals surface area contributed by atoms with Gasteiger partial charge in [-0.3, -0.25) is 4.99 Å². The molecule has 1 aliphatic rings. The van der Waals surface area contributed by atoms with Gasteiger partial charge >= 0.3 is 6.18 Å². The molecule has 1 fully saturated rings. The minimum absolute atomic E-state index is 0.197. The number of nitrogens with zero attached hydrogens (tertiary/aromatic N) is 2. The smallest absolute Gasteiger partial charge is 0.393 e. The second-order valence-electron chi connectivity index (χ2n) is 4.75. The Morgan fingerprint density at radius 2 is 1.90 bits per heavy atom. The molecule has 6 heteroatoms. The van der Waals surface area contributed by atoms with Gasteiger partial charge in [-0.05, 0) is 43.9 Å². The summed E-state index contributed by atoms with van der Waals surface area (Å²) in [5.41, 5.74) is -0.381. The van der Waals surface area contributed by atoms with E-state index in [1.54, 1.807) is 0 Å². The molecule has 0 unspecified atom stereocenters. The van der Waals surface area contributed by atoms with Gasteiger partial charge in [-0.1, -0.05) is 0 Å². The number of aliphatic hydroxyl groups is 1. The van der Waals surface area contributed by atoms with Crippen LogP contribution in [0.4, 0.5) is 18.9 Å². The lowest BCUT2D eigenvalue weighted by atomic mass is 9.96. The molecule has 0 aliphatic heterocycles. The molecule has 1 aromatic rings. The van der Waals surface area contributed by atoms with Crippen LogP contribution in [0.15, 0.2) is 23.2 Å². The highest BCUT2D eigenvalue weighted by atomic mass is 19.4. The lowest BCUT2D eigenvalue weighted by Crippen LogP contribution is -2.17. The molecule has 1 N–H and O–H groups in total. The molecule has 1 aliphatic carbocycles. The Bertz CT molecular complexity index is 563. The first-order valence-corrected chi connectivity index (χ1v) is 6.26. The molecule has 0 aromatic heterocycles. The van der Waals surface area contributed by atoms with Gasteiger partial charge < -0.3 is 5.11 Å². The zero-order valence-electron chi connectivity index (χ0n) is 10.6. The van der Waals surface area contributed by atoms with Crippen molar-refractivity contribution >= 4 is 11.4 Å². The van der Waals surface area contributed by atoms with E-state index < -0.39 is 17.3 Å². The summed E-state index contributed by atoms with van der Waals surface area (Å²) < 4.78 is 38.4. The lowest BCUT2D eigenvalue weighted by Gasteiger charge is -2.18. The van der Waals surface area contributed by atoms with E-state index in [4.69, 9.17) is 5.26 Å². The molecule has 2 rings (SSSR count). The van der Waals surface area contributed by atoms with E-state index in [2.05, 4.69) is 4.99 Å². The third kappa shape index (κ3) is 3.36. The summed E-state index contributed by atoms with van der Waals surface area (Å²) in [6.07, 6.45) is -2.57.